The molecule has 0 radical (unpaired) electrons. The Morgan fingerprint density at radius 3 is 2.52 bits per heavy atom. The van der Waals surface area contributed by atoms with Gasteiger partial charge in [0, 0.05) is 18.2 Å². The molecule has 1 aliphatic rings. The summed E-state index contributed by atoms with van der Waals surface area (Å²) in [6.07, 6.45) is 4.52. The fourth-order valence-corrected chi connectivity index (χ4v) is 4.00. The van der Waals surface area contributed by atoms with Crippen molar-refractivity contribution in [2.45, 2.75) is 6.42 Å². The molecule has 0 aromatic heterocycles. The van der Waals surface area contributed by atoms with E-state index in [9.17, 15) is 18.0 Å². The molecule has 0 unspecified atom stereocenters. The van der Waals surface area contributed by atoms with Crippen molar-refractivity contribution in [2.24, 2.45) is 0 Å². The number of rotatable bonds is 7. The Morgan fingerprint density at radius 2 is 1.86 bits per heavy atom. The van der Waals surface area contributed by atoms with Crippen LogP contribution in [0.5, 0.6) is 5.75 Å². The van der Waals surface area contributed by atoms with Gasteiger partial charge in [-0.3, -0.25) is 9.10 Å². The van der Waals surface area contributed by atoms with E-state index in [0.29, 0.717) is 30.0 Å². The van der Waals surface area contributed by atoms with Gasteiger partial charge in [0.05, 0.1) is 19.1 Å². The lowest BCUT2D eigenvalue weighted by atomic mass is 10.1. The number of fused-ring (bicyclic) bond motifs is 1. The number of Topliss-reactive ketones (excluding diaryl/α,β-unsaturated/α-hetero) is 1. The molecule has 2 aromatic rings. The second-order valence-corrected chi connectivity index (χ2v) is 8.47. The Labute approximate surface area is 169 Å². The molecule has 152 valence electrons. The summed E-state index contributed by atoms with van der Waals surface area (Å²) in [5, 5.41) is 0. The third-order valence-electron chi connectivity index (χ3n) is 4.53. The van der Waals surface area contributed by atoms with Crippen LogP contribution in [-0.2, 0) is 26.0 Å². The molecule has 0 saturated carbocycles. The van der Waals surface area contributed by atoms with E-state index >= 15 is 0 Å². The highest BCUT2D eigenvalue weighted by atomic mass is 32.2. The van der Waals surface area contributed by atoms with Crippen LogP contribution in [0.4, 0.5) is 5.69 Å². The van der Waals surface area contributed by atoms with Crippen molar-refractivity contribution in [1.29, 1.82) is 0 Å². The van der Waals surface area contributed by atoms with Gasteiger partial charge in [-0.2, -0.15) is 0 Å². The summed E-state index contributed by atoms with van der Waals surface area (Å²) in [6, 6.07) is 11.9. The first-order valence-electron chi connectivity index (χ1n) is 8.90. The number of anilines is 1. The van der Waals surface area contributed by atoms with Crippen molar-refractivity contribution in [3.8, 4) is 5.75 Å². The SMILES string of the molecule is COc1ccc(/C=C/C(=O)OCC(=O)c2ccc3c(c2)CCN3S(C)(=O)=O)cc1. The highest BCUT2D eigenvalue weighted by molar-refractivity contribution is 7.92. The number of carbonyl (C=O) groups excluding carboxylic acids is 2. The number of benzene rings is 2. The first-order chi connectivity index (χ1) is 13.8. The minimum absolute atomic E-state index is 0.350. The van der Waals surface area contributed by atoms with Crippen molar-refractivity contribution in [1.82, 2.24) is 0 Å². The third kappa shape index (κ3) is 5.03. The molecule has 0 fully saturated rings. The zero-order valence-corrected chi connectivity index (χ0v) is 16.9. The molecule has 0 N–H and O–H groups in total. The Morgan fingerprint density at radius 1 is 1.14 bits per heavy atom. The van der Waals surface area contributed by atoms with Crippen LogP contribution in [0.25, 0.3) is 6.08 Å². The second-order valence-electron chi connectivity index (χ2n) is 6.57. The zero-order valence-electron chi connectivity index (χ0n) is 16.1. The number of methoxy groups -OCH3 is 1. The molecule has 29 heavy (non-hydrogen) atoms. The molecule has 0 bridgehead atoms. The number of nitrogens with zero attached hydrogens (tertiary/aromatic N) is 1. The van der Waals surface area contributed by atoms with E-state index in [1.54, 1.807) is 55.7 Å². The van der Waals surface area contributed by atoms with Crippen molar-refractivity contribution >= 4 is 33.5 Å². The quantitative estimate of drug-likeness (QED) is 0.392. The van der Waals surface area contributed by atoms with Crippen LogP contribution in [0.3, 0.4) is 0 Å². The summed E-state index contributed by atoms with van der Waals surface area (Å²) >= 11 is 0. The topological polar surface area (TPSA) is 90.0 Å². The minimum Gasteiger partial charge on any atom is -0.497 e. The first kappa shape index (κ1) is 20.6. The van der Waals surface area contributed by atoms with Gasteiger partial charge >= 0.3 is 5.97 Å². The first-order valence-corrected chi connectivity index (χ1v) is 10.8. The standard InChI is InChI=1S/C21H21NO6S/c1-27-18-7-3-15(4-8-18)5-10-21(24)28-14-20(23)17-6-9-19-16(13-17)11-12-22(19)29(2,25)26/h3-10,13H,11-12,14H2,1-2H3/b10-5+. The average Bonchev–Trinajstić information content (AvgIpc) is 3.14. The number of hydrogen-bond acceptors (Lipinski definition) is 6. The van der Waals surface area contributed by atoms with Gasteiger partial charge in [0.1, 0.15) is 5.75 Å². The normalized spacial score (nSPS) is 13.4. The van der Waals surface area contributed by atoms with Crippen LogP contribution in [0.1, 0.15) is 21.5 Å². The maximum Gasteiger partial charge on any atom is 0.331 e. The predicted molar refractivity (Wildman–Crippen MR) is 110 cm³/mol. The maximum absolute atomic E-state index is 12.3. The maximum atomic E-state index is 12.3. The zero-order chi connectivity index (χ0) is 21.0. The monoisotopic (exact) mass is 415 g/mol. The number of ketones is 1. The molecule has 8 heteroatoms. The lowest BCUT2D eigenvalue weighted by Gasteiger charge is -2.16. The lowest BCUT2D eigenvalue weighted by molar-refractivity contribution is -0.136. The molecular formula is C21H21NO6S. The van der Waals surface area contributed by atoms with E-state index in [2.05, 4.69) is 0 Å². The van der Waals surface area contributed by atoms with Gasteiger partial charge in [0.2, 0.25) is 10.0 Å². The number of esters is 1. The van der Waals surface area contributed by atoms with E-state index in [1.807, 2.05) is 0 Å². The van der Waals surface area contributed by atoms with Gasteiger partial charge in [-0.1, -0.05) is 12.1 Å². The summed E-state index contributed by atoms with van der Waals surface area (Å²) in [5.74, 6) is -0.264. The third-order valence-corrected chi connectivity index (χ3v) is 5.71. The molecule has 7 nitrogen and oxygen atoms in total. The molecule has 3 rings (SSSR count). The van der Waals surface area contributed by atoms with E-state index in [1.165, 1.54) is 10.4 Å². The number of hydrogen-bond donors (Lipinski definition) is 0. The Kier molecular flexibility index (Phi) is 6.03. The van der Waals surface area contributed by atoms with Crippen LogP contribution in [0.2, 0.25) is 0 Å². The number of ether oxygens (including phenoxy) is 2. The van der Waals surface area contributed by atoms with Crippen molar-refractivity contribution in [3.05, 3.63) is 65.2 Å². The van der Waals surface area contributed by atoms with Gasteiger partial charge < -0.3 is 9.47 Å². The number of sulfonamides is 1. The van der Waals surface area contributed by atoms with Crippen LogP contribution in [-0.4, -0.2) is 46.7 Å². The van der Waals surface area contributed by atoms with Gasteiger partial charge in [-0.15, -0.1) is 0 Å². The summed E-state index contributed by atoms with van der Waals surface area (Å²) in [5.41, 5.74) is 2.55. The summed E-state index contributed by atoms with van der Waals surface area (Å²) < 4.78 is 35.0. The molecule has 0 spiro atoms. The fraction of sp³-hybridized carbons (Fsp3) is 0.238. The van der Waals surface area contributed by atoms with Crippen molar-refractivity contribution in [3.63, 3.8) is 0 Å². The van der Waals surface area contributed by atoms with Gasteiger partial charge in [-0.05, 0) is 54.0 Å². The summed E-state index contributed by atoms with van der Waals surface area (Å²) in [4.78, 5) is 24.2. The summed E-state index contributed by atoms with van der Waals surface area (Å²) in [7, 11) is -1.77. The average molecular weight is 415 g/mol. The predicted octanol–water partition coefficient (Wildman–Crippen LogP) is 2.46. The van der Waals surface area contributed by atoms with Crippen molar-refractivity contribution < 1.29 is 27.5 Å². The smallest absolute Gasteiger partial charge is 0.331 e. The molecule has 0 amide bonds. The van der Waals surface area contributed by atoms with Crippen LogP contribution in [0, 0.1) is 0 Å². The molecule has 1 heterocycles. The molecule has 0 aliphatic carbocycles. The Balaban J connectivity index is 1.58. The van der Waals surface area contributed by atoms with E-state index < -0.39 is 16.0 Å². The van der Waals surface area contributed by atoms with Crippen LogP contribution < -0.4 is 9.04 Å². The lowest BCUT2D eigenvalue weighted by Crippen LogP contribution is -2.27. The molecule has 0 atom stereocenters. The molecule has 1 aliphatic heterocycles. The Hall–Kier alpha value is -3.13. The van der Waals surface area contributed by atoms with E-state index in [4.69, 9.17) is 9.47 Å². The van der Waals surface area contributed by atoms with Crippen molar-refractivity contribution in [2.75, 3.05) is 30.8 Å². The van der Waals surface area contributed by atoms with E-state index in [-0.39, 0.29) is 12.4 Å². The number of carbonyl (C=O) groups is 2. The minimum atomic E-state index is -3.34. The van der Waals surface area contributed by atoms with Gasteiger partial charge in [0.15, 0.2) is 12.4 Å². The van der Waals surface area contributed by atoms with Crippen LogP contribution >= 0.6 is 0 Å². The van der Waals surface area contributed by atoms with Gasteiger partial charge in [0.25, 0.3) is 0 Å². The molecule has 2 aromatic carbocycles. The summed E-state index contributed by atoms with van der Waals surface area (Å²) in [6.45, 7) is -0.0304. The molecule has 0 saturated heterocycles. The van der Waals surface area contributed by atoms with E-state index in [0.717, 1.165) is 17.4 Å². The van der Waals surface area contributed by atoms with Gasteiger partial charge in [-0.25, -0.2) is 13.2 Å². The Bertz CT molecular complexity index is 1060. The van der Waals surface area contributed by atoms with Crippen LogP contribution in [0.15, 0.2) is 48.5 Å². The second kappa shape index (κ2) is 8.48. The highest BCUT2D eigenvalue weighted by Gasteiger charge is 2.26. The molecular weight excluding hydrogens is 394 g/mol. The fourth-order valence-electron chi connectivity index (χ4n) is 3.04. The highest BCUT2D eigenvalue weighted by Crippen LogP contribution is 2.30. The largest absolute Gasteiger partial charge is 0.497 e.